The van der Waals surface area contributed by atoms with Crippen molar-refractivity contribution < 1.29 is 9.90 Å². The lowest BCUT2D eigenvalue weighted by Gasteiger charge is -2.16. The average molecular weight is 406 g/mol. The molecule has 1 N–H and O–H groups in total. The maximum atomic E-state index is 11.5. The number of aliphatic carboxylic acids is 1. The van der Waals surface area contributed by atoms with E-state index in [-0.39, 0.29) is 6.42 Å². The van der Waals surface area contributed by atoms with Gasteiger partial charge in [0.05, 0.1) is 16.5 Å². The normalized spacial score (nSPS) is 13.8. The van der Waals surface area contributed by atoms with Crippen LogP contribution in [0.4, 0.5) is 0 Å². The molecule has 26 heavy (non-hydrogen) atoms. The third kappa shape index (κ3) is 3.00. The second kappa shape index (κ2) is 6.84. The molecular weight excluding hydrogens is 389 g/mol. The molecule has 2 heterocycles. The summed E-state index contributed by atoms with van der Waals surface area (Å²) >= 11 is 14.1. The number of nitrogens with zero attached hydrogens (tertiary/aromatic N) is 1. The number of fused-ring (bicyclic) bond motifs is 3. The fraction of sp³-hybridized carbons (Fsp3) is 0.300. The molecule has 0 aliphatic heterocycles. The van der Waals surface area contributed by atoms with Crippen molar-refractivity contribution in [1.29, 1.82) is 0 Å². The highest BCUT2D eigenvalue weighted by atomic mass is 35.5. The molecule has 1 aliphatic carbocycles. The highest BCUT2D eigenvalue weighted by Crippen LogP contribution is 2.44. The third-order valence-electron chi connectivity index (χ3n) is 4.95. The Morgan fingerprint density at radius 2 is 2.00 bits per heavy atom. The molecule has 134 valence electrons. The summed E-state index contributed by atoms with van der Waals surface area (Å²) in [7, 11) is 0. The zero-order valence-corrected chi connectivity index (χ0v) is 16.6. The first-order valence-corrected chi connectivity index (χ1v) is 10.1. The second-order valence-corrected chi connectivity index (χ2v) is 8.54. The number of benzene rings is 1. The van der Waals surface area contributed by atoms with Crippen LogP contribution in [0.15, 0.2) is 18.2 Å². The molecular formula is C20H17Cl2NO2S. The Bertz CT molecular complexity index is 1040. The largest absolute Gasteiger partial charge is 0.481 e. The smallest absolute Gasteiger partial charge is 0.307 e. The van der Waals surface area contributed by atoms with Gasteiger partial charge in [-0.3, -0.25) is 4.79 Å². The predicted molar refractivity (Wildman–Crippen MR) is 108 cm³/mol. The lowest BCUT2D eigenvalue weighted by molar-refractivity contribution is -0.136. The number of carboxylic acids is 1. The number of aryl methyl sites for hydroxylation is 3. The van der Waals surface area contributed by atoms with Crippen molar-refractivity contribution in [2.24, 2.45) is 0 Å². The van der Waals surface area contributed by atoms with Crippen LogP contribution in [-0.4, -0.2) is 16.1 Å². The zero-order chi connectivity index (χ0) is 18.4. The lowest BCUT2D eigenvalue weighted by Crippen LogP contribution is -2.07. The van der Waals surface area contributed by atoms with Gasteiger partial charge in [0.25, 0.3) is 0 Å². The van der Waals surface area contributed by atoms with E-state index in [9.17, 15) is 9.90 Å². The van der Waals surface area contributed by atoms with E-state index >= 15 is 0 Å². The Labute approximate surface area is 165 Å². The minimum atomic E-state index is -0.861. The number of hydrogen-bond acceptors (Lipinski definition) is 3. The van der Waals surface area contributed by atoms with Gasteiger partial charge in [0.2, 0.25) is 0 Å². The van der Waals surface area contributed by atoms with Crippen LogP contribution < -0.4 is 0 Å². The van der Waals surface area contributed by atoms with Crippen molar-refractivity contribution in [1.82, 2.24) is 4.98 Å². The molecule has 4 rings (SSSR count). The van der Waals surface area contributed by atoms with E-state index in [0.717, 1.165) is 51.9 Å². The maximum absolute atomic E-state index is 11.5. The Kier molecular flexibility index (Phi) is 4.68. The molecule has 0 fully saturated rings. The standard InChI is InChI=1S/C20H17Cl2NO2S/c1-10-13(9-17(24)25)18(11-6-7-14(21)15(22)8-11)19-12-4-2-3-5-16(12)26-20(19)23-10/h6-8H,2-5,9H2,1H3,(H,24,25). The molecule has 0 unspecified atom stereocenters. The van der Waals surface area contributed by atoms with Crippen molar-refractivity contribution in [3.05, 3.63) is 49.9 Å². The van der Waals surface area contributed by atoms with Gasteiger partial charge in [-0.25, -0.2) is 4.98 Å². The molecule has 3 nitrogen and oxygen atoms in total. The highest BCUT2D eigenvalue weighted by molar-refractivity contribution is 7.19. The second-order valence-electron chi connectivity index (χ2n) is 6.64. The van der Waals surface area contributed by atoms with E-state index < -0.39 is 5.97 Å². The quantitative estimate of drug-likeness (QED) is 0.573. The topological polar surface area (TPSA) is 50.2 Å². The van der Waals surface area contributed by atoms with Crippen molar-refractivity contribution in [3.63, 3.8) is 0 Å². The lowest BCUT2D eigenvalue weighted by atomic mass is 9.89. The Balaban J connectivity index is 2.09. The van der Waals surface area contributed by atoms with Crippen molar-refractivity contribution in [2.45, 2.75) is 39.0 Å². The van der Waals surface area contributed by atoms with Crippen LogP contribution in [0, 0.1) is 6.92 Å². The highest BCUT2D eigenvalue weighted by Gasteiger charge is 2.24. The number of carboxylic acid groups (broad SMARTS) is 1. The van der Waals surface area contributed by atoms with Gasteiger partial charge in [0, 0.05) is 16.0 Å². The first kappa shape index (κ1) is 17.8. The average Bonchev–Trinajstić information content (AvgIpc) is 2.95. The molecule has 0 radical (unpaired) electrons. The van der Waals surface area contributed by atoms with E-state index in [0.29, 0.717) is 10.0 Å². The van der Waals surface area contributed by atoms with Crippen molar-refractivity contribution in [2.75, 3.05) is 0 Å². The monoisotopic (exact) mass is 405 g/mol. The minimum Gasteiger partial charge on any atom is -0.481 e. The summed E-state index contributed by atoms with van der Waals surface area (Å²) in [5.41, 5.74) is 4.70. The molecule has 2 aromatic heterocycles. The Morgan fingerprint density at radius 3 is 2.73 bits per heavy atom. The van der Waals surface area contributed by atoms with Crippen molar-refractivity contribution >= 4 is 50.7 Å². The first-order valence-electron chi connectivity index (χ1n) is 8.56. The van der Waals surface area contributed by atoms with E-state index in [1.807, 2.05) is 19.1 Å². The van der Waals surface area contributed by atoms with Gasteiger partial charge >= 0.3 is 5.97 Å². The SMILES string of the molecule is Cc1nc2sc3c(c2c(-c2ccc(Cl)c(Cl)c2)c1CC(=O)O)CCCC3. The number of pyridine rings is 1. The Hall–Kier alpha value is -1.62. The van der Waals surface area contributed by atoms with Gasteiger partial charge in [-0.15, -0.1) is 11.3 Å². The molecule has 1 aromatic carbocycles. The van der Waals surface area contributed by atoms with Crippen LogP contribution in [-0.2, 0) is 24.1 Å². The summed E-state index contributed by atoms with van der Waals surface area (Å²) in [6.07, 6.45) is 4.38. The van der Waals surface area contributed by atoms with Crippen LogP contribution in [0.2, 0.25) is 10.0 Å². The summed E-state index contributed by atoms with van der Waals surface area (Å²) in [5.74, 6) is -0.861. The van der Waals surface area contributed by atoms with Gasteiger partial charge in [-0.05, 0) is 67.0 Å². The van der Waals surface area contributed by atoms with E-state index in [2.05, 4.69) is 0 Å². The summed E-state index contributed by atoms with van der Waals surface area (Å²) in [4.78, 5) is 18.6. The van der Waals surface area contributed by atoms with Gasteiger partial charge < -0.3 is 5.11 Å². The van der Waals surface area contributed by atoms with Crippen LogP contribution in [0.1, 0.15) is 34.5 Å². The first-order chi connectivity index (χ1) is 12.5. The fourth-order valence-corrected chi connectivity index (χ4v) is 5.39. The predicted octanol–water partition coefficient (Wildman–Crippen LogP) is 6.08. The van der Waals surface area contributed by atoms with Gasteiger partial charge in [-0.2, -0.15) is 0 Å². The number of rotatable bonds is 3. The number of halogens is 2. The maximum Gasteiger partial charge on any atom is 0.307 e. The van der Waals surface area contributed by atoms with Gasteiger partial charge in [0.15, 0.2) is 0 Å². The number of hydrogen-bond donors (Lipinski definition) is 1. The fourth-order valence-electron chi connectivity index (χ4n) is 3.78. The molecule has 6 heteroatoms. The van der Waals surface area contributed by atoms with E-state index in [1.165, 1.54) is 16.9 Å². The molecule has 0 saturated carbocycles. The molecule has 0 bridgehead atoms. The molecule has 0 saturated heterocycles. The van der Waals surface area contributed by atoms with Crippen molar-refractivity contribution in [3.8, 4) is 11.1 Å². The van der Waals surface area contributed by atoms with E-state index in [1.54, 1.807) is 17.4 Å². The molecule has 3 aromatic rings. The molecule has 0 amide bonds. The number of thiophene rings is 1. The summed E-state index contributed by atoms with van der Waals surface area (Å²) < 4.78 is 0. The molecule has 0 spiro atoms. The number of aromatic nitrogens is 1. The Morgan fingerprint density at radius 1 is 1.23 bits per heavy atom. The minimum absolute atomic E-state index is 0.0605. The van der Waals surface area contributed by atoms with Gasteiger partial charge in [-0.1, -0.05) is 29.3 Å². The van der Waals surface area contributed by atoms with Crippen LogP contribution in [0.25, 0.3) is 21.3 Å². The van der Waals surface area contributed by atoms with Crippen LogP contribution in [0.3, 0.4) is 0 Å². The number of carbonyl (C=O) groups is 1. The molecule has 0 atom stereocenters. The van der Waals surface area contributed by atoms with Gasteiger partial charge in [0.1, 0.15) is 4.83 Å². The summed E-state index contributed by atoms with van der Waals surface area (Å²) in [5, 5.41) is 11.5. The van der Waals surface area contributed by atoms with Crippen LogP contribution >= 0.6 is 34.5 Å². The molecule has 1 aliphatic rings. The van der Waals surface area contributed by atoms with E-state index in [4.69, 9.17) is 28.2 Å². The van der Waals surface area contributed by atoms with Crippen LogP contribution in [0.5, 0.6) is 0 Å². The third-order valence-corrected chi connectivity index (χ3v) is 6.87. The zero-order valence-electron chi connectivity index (χ0n) is 14.2. The summed E-state index contributed by atoms with van der Waals surface area (Å²) in [6.45, 7) is 1.89. The summed E-state index contributed by atoms with van der Waals surface area (Å²) in [6, 6.07) is 5.52.